The van der Waals surface area contributed by atoms with Gasteiger partial charge in [0.25, 0.3) is 0 Å². The van der Waals surface area contributed by atoms with Crippen molar-refractivity contribution in [3.63, 3.8) is 0 Å². The minimum atomic E-state index is -0.793. The third kappa shape index (κ3) is 2.49. The van der Waals surface area contributed by atoms with E-state index in [-0.39, 0.29) is 5.25 Å². The van der Waals surface area contributed by atoms with Gasteiger partial charge in [-0.1, -0.05) is 6.92 Å². The average molecular weight is 280 g/mol. The average Bonchev–Trinajstić information content (AvgIpc) is 2.60. The van der Waals surface area contributed by atoms with Gasteiger partial charge in [0.2, 0.25) is 0 Å². The van der Waals surface area contributed by atoms with Gasteiger partial charge in [0.05, 0.1) is 5.39 Å². The number of nitrogens with zero attached hydrogens (tertiary/aromatic N) is 3. The first kappa shape index (κ1) is 14.0. The maximum atomic E-state index is 11.4. The van der Waals surface area contributed by atoms with Gasteiger partial charge < -0.3 is 10.3 Å². The Balaban J connectivity index is 2.41. The van der Waals surface area contributed by atoms with E-state index in [0.717, 1.165) is 35.3 Å². The largest absolute Gasteiger partial charge is 0.383 e. The Morgan fingerprint density at radius 3 is 2.74 bits per heavy atom. The Hall–Kier alpha value is -1.43. The van der Waals surface area contributed by atoms with Gasteiger partial charge in [0.1, 0.15) is 17.8 Å². The van der Waals surface area contributed by atoms with Crippen molar-refractivity contribution in [2.24, 2.45) is 0 Å². The van der Waals surface area contributed by atoms with Gasteiger partial charge in [-0.15, -0.1) is 0 Å². The molecule has 2 N–H and O–H groups in total. The number of rotatable bonds is 4. The van der Waals surface area contributed by atoms with E-state index in [1.165, 1.54) is 6.33 Å². The summed E-state index contributed by atoms with van der Waals surface area (Å²) in [5.74, 6) is 0.525. The highest BCUT2D eigenvalue weighted by Gasteiger charge is 2.16. The molecule has 104 valence electrons. The molecule has 0 aliphatic rings. The molecule has 0 bridgehead atoms. The summed E-state index contributed by atoms with van der Waals surface area (Å²) in [7, 11) is -0.793. The molecule has 2 unspecified atom stereocenters. The lowest BCUT2D eigenvalue weighted by Gasteiger charge is -2.11. The van der Waals surface area contributed by atoms with Crippen LogP contribution < -0.4 is 5.73 Å². The molecule has 0 amide bonds. The topological polar surface area (TPSA) is 73.8 Å². The van der Waals surface area contributed by atoms with Gasteiger partial charge in [-0.25, -0.2) is 9.97 Å². The molecule has 0 saturated carbocycles. The highest BCUT2D eigenvalue weighted by molar-refractivity contribution is 7.84. The fraction of sp³-hybridized carbons (Fsp3) is 0.538. The highest BCUT2D eigenvalue weighted by Crippen LogP contribution is 2.27. The van der Waals surface area contributed by atoms with Crippen molar-refractivity contribution in [3.05, 3.63) is 17.6 Å². The molecule has 2 aromatic heterocycles. The van der Waals surface area contributed by atoms with E-state index in [4.69, 9.17) is 5.73 Å². The number of anilines is 1. The molecule has 2 atom stereocenters. The van der Waals surface area contributed by atoms with E-state index >= 15 is 0 Å². The first-order chi connectivity index (χ1) is 8.93. The Morgan fingerprint density at radius 2 is 2.11 bits per heavy atom. The van der Waals surface area contributed by atoms with E-state index in [2.05, 4.69) is 21.5 Å². The van der Waals surface area contributed by atoms with Crippen LogP contribution in [-0.4, -0.2) is 30.2 Å². The summed E-state index contributed by atoms with van der Waals surface area (Å²) < 4.78 is 13.6. The normalized spacial score (nSPS) is 14.7. The zero-order valence-corrected chi connectivity index (χ0v) is 12.6. The lowest BCUT2D eigenvalue weighted by atomic mass is 10.2. The standard InChI is InChI=1S/C13H20N4OS/c1-8(19(4)18)5-6-17-10(3)9(2)11-12(14)15-7-16-13(11)17/h7-8H,5-6H2,1-4H3,(H2,14,15,16). The summed E-state index contributed by atoms with van der Waals surface area (Å²) in [6.07, 6.45) is 4.10. The second kappa shape index (κ2) is 5.28. The van der Waals surface area contributed by atoms with Gasteiger partial charge >= 0.3 is 0 Å². The quantitative estimate of drug-likeness (QED) is 0.926. The molecule has 2 rings (SSSR count). The summed E-state index contributed by atoms with van der Waals surface area (Å²) in [5.41, 5.74) is 9.08. The minimum absolute atomic E-state index is 0.177. The molecular formula is C13H20N4OS. The third-order valence-corrected chi connectivity index (χ3v) is 5.13. The first-order valence-electron chi connectivity index (χ1n) is 6.31. The summed E-state index contributed by atoms with van der Waals surface area (Å²) in [4.78, 5) is 8.39. The van der Waals surface area contributed by atoms with Crippen LogP contribution in [0.5, 0.6) is 0 Å². The van der Waals surface area contributed by atoms with Crippen LogP contribution in [0.4, 0.5) is 5.82 Å². The van der Waals surface area contributed by atoms with Crippen LogP contribution in [0.3, 0.4) is 0 Å². The molecule has 0 saturated heterocycles. The fourth-order valence-corrected chi connectivity index (χ4v) is 2.68. The molecule has 2 heterocycles. The van der Waals surface area contributed by atoms with Crippen molar-refractivity contribution < 1.29 is 4.21 Å². The molecule has 6 heteroatoms. The number of aromatic nitrogens is 3. The molecule has 5 nitrogen and oxygen atoms in total. The maximum Gasteiger partial charge on any atom is 0.145 e. The van der Waals surface area contributed by atoms with Gasteiger partial charge in [0.15, 0.2) is 0 Å². The summed E-state index contributed by atoms with van der Waals surface area (Å²) in [6, 6.07) is 0. The van der Waals surface area contributed by atoms with E-state index in [1.807, 2.05) is 13.8 Å². The van der Waals surface area contributed by atoms with E-state index in [0.29, 0.717) is 5.82 Å². The second-order valence-corrected chi connectivity index (χ2v) is 6.72. The number of fused-ring (bicyclic) bond motifs is 1. The highest BCUT2D eigenvalue weighted by atomic mass is 32.2. The molecule has 0 fully saturated rings. The molecular weight excluding hydrogens is 260 g/mol. The van der Waals surface area contributed by atoms with Crippen LogP contribution in [0.2, 0.25) is 0 Å². The minimum Gasteiger partial charge on any atom is -0.383 e. The zero-order valence-electron chi connectivity index (χ0n) is 11.8. The maximum absolute atomic E-state index is 11.4. The van der Waals surface area contributed by atoms with Crippen molar-refractivity contribution in [3.8, 4) is 0 Å². The van der Waals surface area contributed by atoms with E-state index in [9.17, 15) is 4.21 Å². The first-order valence-corrected chi connectivity index (χ1v) is 7.93. The van der Waals surface area contributed by atoms with Crippen molar-refractivity contribution in [1.82, 2.24) is 14.5 Å². The van der Waals surface area contributed by atoms with Crippen LogP contribution in [0.1, 0.15) is 24.6 Å². The van der Waals surface area contributed by atoms with Gasteiger partial charge in [0, 0.05) is 34.5 Å². The van der Waals surface area contributed by atoms with Crippen molar-refractivity contribution in [2.75, 3.05) is 12.0 Å². The lowest BCUT2D eigenvalue weighted by molar-refractivity contribution is 0.619. The summed E-state index contributed by atoms with van der Waals surface area (Å²) in [5, 5.41) is 1.11. The molecule has 0 aliphatic heterocycles. The number of hydrogen-bond donors (Lipinski definition) is 1. The van der Waals surface area contributed by atoms with Crippen molar-refractivity contribution in [1.29, 1.82) is 0 Å². The smallest absolute Gasteiger partial charge is 0.145 e. The predicted octanol–water partition coefficient (Wildman–Crippen LogP) is 1.79. The third-order valence-electron chi connectivity index (χ3n) is 3.76. The molecule has 0 radical (unpaired) electrons. The van der Waals surface area contributed by atoms with Crippen molar-refractivity contribution in [2.45, 2.75) is 39.0 Å². The number of hydrogen-bond acceptors (Lipinski definition) is 4. The second-order valence-electron chi connectivity index (χ2n) is 4.92. The van der Waals surface area contributed by atoms with Gasteiger partial charge in [-0.3, -0.25) is 4.21 Å². The molecule has 0 aromatic carbocycles. The Bertz CT molecular complexity index is 635. The van der Waals surface area contributed by atoms with Crippen molar-refractivity contribution >= 4 is 27.7 Å². The lowest BCUT2D eigenvalue weighted by Crippen LogP contribution is -2.13. The number of aryl methyl sites for hydroxylation is 2. The van der Waals surface area contributed by atoms with E-state index < -0.39 is 10.8 Å². The molecule has 0 spiro atoms. The van der Waals surface area contributed by atoms with Crippen LogP contribution in [0.15, 0.2) is 6.33 Å². The number of nitrogens with two attached hydrogens (primary N) is 1. The number of nitrogen functional groups attached to an aromatic ring is 1. The summed E-state index contributed by atoms with van der Waals surface area (Å²) in [6.45, 7) is 6.90. The van der Waals surface area contributed by atoms with Crippen LogP contribution >= 0.6 is 0 Å². The molecule has 0 aliphatic carbocycles. The molecule has 19 heavy (non-hydrogen) atoms. The Kier molecular flexibility index (Phi) is 3.89. The molecule has 2 aromatic rings. The van der Waals surface area contributed by atoms with Crippen LogP contribution in [0, 0.1) is 13.8 Å². The SMILES string of the molecule is Cc1c(C)n(CCC(C)S(C)=O)c2ncnc(N)c12. The predicted molar refractivity (Wildman–Crippen MR) is 79.6 cm³/mol. The Labute approximate surface area is 115 Å². The summed E-state index contributed by atoms with van der Waals surface area (Å²) >= 11 is 0. The van der Waals surface area contributed by atoms with Crippen LogP contribution in [-0.2, 0) is 17.3 Å². The zero-order chi connectivity index (χ0) is 14.2. The Morgan fingerprint density at radius 1 is 1.42 bits per heavy atom. The van der Waals surface area contributed by atoms with Crippen LogP contribution in [0.25, 0.3) is 11.0 Å². The van der Waals surface area contributed by atoms with Gasteiger partial charge in [-0.2, -0.15) is 0 Å². The monoisotopic (exact) mass is 280 g/mol. The van der Waals surface area contributed by atoms with E-state index in [1.54, 1.807) is 6.26 Å². The fourth-order valence-electron chi connectivity index (χ4n) is 2.25. The van der Waals surface area contributed by atoms with Gasteiger partial charge in [-0.05, 0) is 25.8 Å².